The maximum absolute atomic E-state index is 13.8. The Morgan fingerprint density at radius 1 is 1.06 bits per heavy atom. The van der Waals surface area contributed by atoms with Crippen molar-refractivity contribution in [3.8, 4) is 5.75 Å². The highest BCUT2D eigenvalue weighted by atomic mass is 32.2. The Kier molecular flexibility index (Phi) is 12.9. The molecule has 3 fully saturated rings. The van der Waals surface area contributed by atoms with E-state index in [-0.39, 0.29) is 36.8 Å². The van der Waals surface area contributed by atoms with E-state index >= 15 is 0 Å². The SMILES string of the molecule is CC(C)(C)OC(=O)N[C@@H](CCCCC/C=C\[C@@H]1C[C@@H]1C(=O)NS(=O)(=O)C1CC1)C(=O)N1C[C@H](OC(=O)c2cccc(OC(F)(F)F)c2)C[C@H]1C(N)=O. The lowest BCUT2D eigenvalue weighted by molar-refractivity contribution is -0.274. The molecule has 2 aliphatic carbocycles. The Bertz CT molecular complexity index is 1640. The summed E-state index contributed by atoms with van der Waals surface area (Å²) in [7, 11) is -3.58. The molecule has 1 saturated heterocycles. The molecule has 52 heavy (non-hydrogen) atoms. The molecule has 4 amide bonds. The Hall–Kier alpha value is -4.35. The van der Waals surface area contributed by atoms with E-state index in [1.54, 1.807) is 20.8 Å². The second kappa shape index (κ2) is 16.5. The van der Waals surface area contributed by atoms with Gasteiger partial charge in [-0.25, -0.2) is 18.0 Å². The van der Waals surface area contributed by atoms with E-state index in [0.29, 0.717) is 44.9 Å². The molecule has 0 radical (unpaired) electrons. The number of nitrogens with zero attached hydrogens (tertiary/aromatic N) is 1. The van der Waals surface area contributed by atoms with Crippen LogP contribution in [0.4, 0.5) is 18.0 Å². The lowest BCUT2D eigenvalue weighted by Crippen LogP contribution is -2.53. The molecule has 1 aromatic rings. The average molecular weight is 759 g/mol. The first-order valence-electron chi connectivity index (χ1n) is 17.1. The molecule has 3 aliphatic rings. The van der Waals surface area contributed by atoms with Crippen LogP contribution in [0, 0.1) is 11.8 Å². The number of allylic oxidation sites excluding steroid dienone is 2. The number of amides is 4. The van der Waals surface area contributed by atoms with Gasteiger partial charge in [0.1, 0.15) is 29.5 Å². The number of nitrogens with two attached hydrogens (primary N) is 1. The van der Waals surface area contributed by atoms with Crippen LogP contribution in [0.5, 0.6) is 5.75 Å². The van der Waals surface area contributed by atoms with Crippen LogP contribution in [-0.4, -0.2) is 85.0 Å². The number of carbonyl (C=O) groups excluding carboxylic acids is 5. The highest BCUT2D eigenvalue weighted by Crippen LogP contribution is 2.40. The highest BCUT2D eigenvalue weighted by Gasteiger charge is 2.45. The molecule has 18 heteroatoms. The van der Waals surface area contributed by atoms with Gasteiger partial charge in [0.2, 0.25) is 27.7 Å². The number of hydrogen-bond acceptors (Lipinski definition) is 10. The van der Waals surface area contributed by atoms with Crippen molar-refractivity contribution in [2.24, 2.45) is 17.6 Å². The number of primary amides is 1. The van der Waals surface area contributed by atoms with E-state index in [4.69, 9.17) is 15.2 Å². The number of nitrogens with one attached hydrogen (secondary N) is 2. The molecule has 1 aliphatic heterocycles. The zero-order chi connectivity index (χ0) is 38.4. The number of hydrogen-bond donors (Lipinski definition) is 3. The number of carbonyl (C=O) groups is 5. The molecule has 0 bridgehead atoms. The summed E-state index contributed by atoms with van der Waals surface area (Å²) in [5.74, 6) is -4.03. The number of rotatable bonds is 16. The molecule has 0 spiro atoms. The molecule has 1 aromatic carbocycles. The summed E-state index contributed by atoms with van der Waals surface area (Å²) in [4.78, 5) is 65.1. The van der Waals surface area contributed by atoms with Crippen LogP contribution in [0.2, 0.25) is 0 Å². The third-order valence-electron chi connectivity index (χ3n) is 8.57. The van der Waals surface area contributed by atoms with Crippen LogP contribution in [0.15, 0.2) is 36.4 Å². The first kappa shape index (κ1) is 40.4. The van der Waals surface area contributed by atoms with Gasteiger partial charge in [-0.05, 0) is 83.4 Å². The van der Waals surface area contributed by atoms with E-state index in [9.17, 15) is 45.6 Å². The average Bonchev–Trinajstić information content (AvgIpc) is 3.95. The summed E-state index contributed by atoms with van der Waals surface area (Å²) in [6.07, 6.45) is 1.18. The Labute approximate surface area is 300 Å². The van der Waals surface area contributed by atoms with Crippen molar-refractivity contribution in [1.29, 1.82) is 0 Å². The summed E-state index contributed by atoms with van der Waals surface area (Å²) in [6.45, 7) is 4.69. The van der Waals surface area contributed by atoms with Crippen molar-refractivity contribution >= 4 is 39.8 Å². The number of halogens is 3. The Balaban J connectivity index is 1.30. The number of unbranched alkanes of at least 4 members (excludes halogenated alkanes) is 3. The zero-order valence-corrected chi connectivity index (χ0v) is 30.0. The molecule has 1 heterocycles. The van der Waals surface area contributed by atoms with Crippen molar-refractivity contribution < 1.29 is 59.8 Å². The van der Waals surface area contributed by atoms with Crippen molar-refractivity contribution in [1.82, 2.24) is 14.9 Å². The van der Waals surface area contributed by atoms with Gasteiger partial charge < -0.3 is 30.2 Å². The fraction of sp³-hybridized carbons (Fsp3) is 0.618. The number of esters is 1. The topological polar surface area (TPSA) is 200 Å². The standard InChI is InChI=1S/C34H45F3N4O10S/c1-33(2,3)51-32(46)39-26(13-8-6-4-5-7-10-20-17-25(20)29(43)40-52(47,48)24-14-15-24)30(44)41-19-23(18-27(41)28(38)42)49-31(45)21-11-9-12-22(16-21)50-34(35,36)37/h7,9-12,16,20,23-27H,4-6,8,13-15,17-19H2,1-3H3,(H2,38,42)(H,39,46)(H,40,43)/b10-7-/t20-,23-,25+,26+,27+/m1/s1. The first-order valence-corrected chi connectivity index (χ1v) is 18.7. The van der Waals surface area contributed by atoms with Gasteiger partial charge in [-0.3, -0.25) is 19.1 Å². The van der Waals surface area contributed by atoms with Gasteiger partial charge in [0.25, 0.3) is 0 Å². The monoisotopic (exact) mass is 758 g/mol. The Morgan fingerprint density at radius 3 is 2.40 bits per heavy atom. The number of benzene rings is 1. The predicted octanol–water partition coefficient (Wildman–Crippen LogP) is 3.84. The lowest BCUT2D eigenvalue weighted by Gasteiger charge is -2.28. The molecule has 0 aromatic heterocycles. The van der Waals surface area contributed by atoms with Gasteiger partial charge in [-0.1, -0.05) is 31.1 Å². The second-order valence-electron chi connectivity index (χ2n) is 14.2. The van der Waals surface area contributed by atoms with Gasteiger partial charge >= 0.3 is 18.4 Å². The molecule has 14 nitrogen and oxygen atoms in total. The molecular formula is C34H45F3N4O10S. The minimum absolute atomic E-state index is 0.0234. The quantitative estimate of drug-likeness (QED) is 0.126. The van der Waals surface area contributed by atoms with E-state index in [0.717, 1.165) is 17.0 Å². The minimum atomic E-state index is -4.98. The fourth-order valence-corrected chi connectivity index (χ4v) is 7.16. The second-order valence-corrected chi connectivity index (χ2v) is 16.2. The normalized spacial score (nSPS) is 22.4. The van der Waals surface area contributed by atoms with Crippen LogP contribution < -0.4 is 20.5 Å². The molecule has 288 valence electrons. The van der Waals surface area contributed by atoms with Gasteiger partial charge in [0, 0.05) is 12.3 Å². The van der Waals surface area contributed by atoms with Gasteiger partial charge in [-0.15, -0.1) is 13.2 Å². The van der Waals surface area contributed by atoms with E-state index in [1.165, 1.54) is 12.1 Å². The summed E-state index contributed by atoms with van der Waals surface area (Å²) in [5, 5.41) is 2.10. The molecule has 2 saturated carbocycles. The number of likely N-dealkylation sites (tertiary alicyclic amines) is 1. The van der Waals surface area contributed by atoms with Crippen molar-refractivity contribution in [2.45, 2.75) is 114 Å². The van der Waals surface area contributed by atoms with E-state index < -0.39 is 81.0 Å². The first-order chi connectivity index (χ1) is 24.2. The minimum Gasteiger partial charge on any atom is -0.457 e. The summed E-state index contributed by atoms with van der Waals surface area (Å²) < 4.78 is 78.8. The molecule has 4 rings (SSSR count). The summed E-state index contributed by atoms with van der Waals surface area (Å²) in [6, 6.07) is 1.93. The summed E-state index contributed by atoms with van der Waals surface area (Å²) >= 11 is 0. The molecular weight excluding hydrogens is 713 g/mol. The van der Waals surface area contributed by atoms with E-state index in [1.807, 2.05) is 12.2 Å². The van der Waals surface area contributed by atoms with Crippen LogP contribution in [0.25, 0.3) is 0 Å². The van der Waals surface area contributed by atoms with Crippen molar-refractivity contribution in [3.05, 3.63) is 42.0 Å². The van der Waals surface area contributed by atoms with Crippen molar-refractivity contribution in [3.63, 3.8) is 0 Å². The summed E-state index contributed by atoms with van der Waals surface area (Å²) in [5.41, 5.74) is 4.47. The predicted molar refractivity (Wildman–Crippen MR) is 179 cm³/mol. The Morgan fingerprint density at radius 2 is 1.77 bits per heavy atom. The molecule has 4 N–H and O–H groups in total. The number of sulfonamides is 1. The largest absolute Gasteiger partial charge is 0.573 e. The third-order valence-corrected chi connectivity index (χ3v) is 10.4. The van der Waals surface area contributed by atoms with Gasteiger partial charge in [0.15, 0.2) is 0 Å². The third kappa shape index (κ3) is 12.4. The molecule has 5 atom stereocenters. The number of alkyl carbamates (subject to hydrolysis) is 1. The smallest absolute Gasteiger partial charge is 0.457 e. The van der Waals surface area contributed by atoms with Crippen molar-refractivity contribution in [2.75, 3.05) is 6.54 Å². The number of ether oxygens (including phenoxy) is 3. The van der Waals surface area contributed by atoms with E-state index in [2.05, 4.69) is 14.8 Å². The van der Waals surface area contributed by atoms with Crippen LogP contribution in [-0.2, 0) is 33.9 Å². The van der Waals surface area contributed by atoms with Crippen LogP contribution in [0.1, 0.15) is 88.9 Å². The maximum atomic E-state index is 13.8. The van der Waals surface area contributed by atoms with Crippen LogP contribution in [0.3, 0.4) is 0 Å². The molecule has 0 unspecified atom stereocenters. The highest BCUT2D eigenvalue weighted by molar-refractivity contribution is 7.90. The lowest BCUT2D eigenvalue weighted by atomic mass is 10.0. The fourth-order valence-electron chi connectivity index (χ4n) is 5.81. The van der Waals surface area contributed by atoms with Gasteiger partial charge in [0.05, 0.1) is 17.4 Å². The van der Waals surface area contributed by atoms with Gasteiger partial charge in [-0.2, -0.15) is 0 Å². The maximum Gasteiger partial charge on any atom is 0.573 e. The zero-order valence-electron chi connectivity index (χ0n) is 29.1. The van der Waals surface area contributed by atoms with Crippen LogP contribution >= 0.6 is 0 Å². The number of alkyl halides is 3.